The van der Waals surface area contributed by atoms with Gasteiger partial charge in [0.25, 0.3) is 0 Å². The van der Waals surface area contributed by atoms with Crippen LogP contribution < -0.4 is 0 Å². The number of hydrogen-bond acceptors (Lipinski definition) is 6. The second kappa shape index (κ2) is 9.62. The van der Waals surface area contributed by atoms with E-state index in [1.807, 2.05) is 30.3 Å². The maximum Gasteiger partial charge on any atom is 0.303 e. The molecular formula is C20H31BrO5SSi. The summed E-state index contributed by atoms with van der Waals surface area (Å²) in [5, 5.41) is 10.8. The van der Waals surface area contributed by atoms with Gasteiger partial charge in [0.15, 0.2) is 20.7 Å². The number of alkyl halides is 1. The van der Waals surface area contributed by atoms with Crippen molar-refractivity contribution in [3.05, 3.63) is 30.3 Å². The van der Waals surface area contributed by atoms with Crippen molar-refractivity contribution in [2.24, 2.45) is 0 Å². The third-order valence-corrected chi connectivity index (χ3v) is 11.7. The zero-order valence-corrected chi connectivity index (χ0v) is 20.7. The maximum atomic E-state index is 11.8. The number of ether oxygens (including phenoxy) is 2. The predicted octanol–water partition coefficient (Wildman–Crippen LogP) is 4.58. The molecule has 0 aromatic heterocycles. The summed E-state index contributed by atoms with van der Waals surface area (Å²) in [5.74, 6) is -0.386. The first-order valence-electron chi connectivity index (χ1n) is 9.42. The standard InChI is InChI=1S/C20H31BrO5SSi/c1-13(22)24-16-15(12-21)25-19(23)18(27-14-10-8-7-9-11-14)17(16)26-28(5,6)20(2,3)4/h7-11,15-19,23H,12H2,1-6H3/t15-,16-,17+,18-,19-/m1/s1. The van der Waals surface area contributed by atoms with Crippen molar-refractivity contribution in [1.82, 2.24) is 0 Å². The van der Waals surface area contributed by atoms with Crippen LogP contribution in [0.25, 0.3) is 0 Å². The van der Waals surface area contributed by atoms with Gasteiger partial charge in [0.2, 0.25) is 0 Å². The van der Waals surface area contributed by atoms with Crippen LogP contribution in [-0.2, 0) is 18.7 Å². The van der Waals surface area contributed by atoms with Gasteiger partial charge in [-0.3, -0.25) is 4.79 Å². The summed E-state index contributed by atoms with van der Waals surface area (Å²) in [7, 11) is -2.20. The highest BCUT2D eigenvalue weighted by molar-refractivity contribution is 9.09. The fourth-order valence-corrected chi connectivity index (χ4v) is 5.87. The zero-order valence-electron chi connectivity index (χ0n) is 17.3. The van der Waals surface area contributed by atoms with E-state index in [0.29, 0.717) is 5.33 Å². The van der Waals surface area contributed by atoms with Crippen molar-refractivity contribution in [3.63, 3.8) is 0 Å². The maximum absolute atomic E-state index is 11.8. The molecule has 1 fully saturated rings. The fourth-order valence-electron chi connectivity index (χ4n) is 2.79. The second-order valence-electron chi connectivity index (χ2n) is 8.53. The van der Waals surface area contributed by atoms with Crippen LogP contribution in [0.2, 0.25) is 18.1 Å². The molecule has 0 radical (unpaired) electrons. The number of hydrogen-bond donors (Lipinski definition) is 1. The van der Waals surface area contributed by atoms with E-state index in [2.05, 4.69) is 49.8 Å². The molecule has 0 bridgehead atoms. The summed E-state index contributed by atoms with van der Waals surface area (Å²) < 4.78 is 18.2. The highest BCUT2D eigenvalue weighted by Crippen LogP contribution is 2.43. The minimum absolute atomic E-state index is 0.0249. The Bertz CT molecular complexity index is 652. The van der Waals surface area contributed by atoms with E-state index >= 15 is 0 Å². The van der Waals surface area contributed by atoms with E-state index in [4.69, 9.17) is 13.9 Å². The van der Waals surface area contributed by atoms with Crippen LogP contribution in [-0.4, -0.2) is 54.6 Å². The quantitative estimate of drug-likeness (QED) is 0.357. The summed E-state index contributed by atoms with van der Waals surface area (Å²) in [6.45, 7) is 12.2. The Hall–Kier alpha value is -0.383. The Morgan fingerprint density at radius 2 is 1.86 bits per heavy atom. The highest BCUT2D eigenvalue weighted by Gasteiger charge is 2.51. The molecule has 1 N–H and O–H groups in total. The number of rotatable bonds is 6. The van der Waals surface area contributed by atoms with E-state index < -0.39 is 38.2 Å². The van der Waals surface area contributed by atoms with Gasteiger partial charge in [-0.15, -0.1) is 11.8 Å². The van der Waals surface area contributed by atoms with Gasteiger partial charge in [-0.05, 0) is 30.3 Å². The van der Waals surface area contributed by atoms with Gasteiger partial charge >= 0.3 is 5.97 Å². The van der Waals surface area contributed by atoms with Crippen LogP contribution in [0.4, 0.5) is 0 Å². The molecular weight excluding hydrogens is 460 g/mol. The fraction of sp³-hybridized carbons (Fsp3) is 0.650. The molecule has 8 heteroatoms. The van der Waals surface area contributed by atoms with Gasteiger partial charge in [0.1, 0.15) is 12.2 Å². The average Bonchev–Trinajstić information content (AvgIpc) is 2.59. The molecule has 1 aliphatic heterocycles. The van der Waals surface area contributed by atoms with Crippen LogP contribution in [0.1, 0.15) is 27.7 Å². The summed E-state index contributed by atoms with van der Waals surface area (Å²) in [4.78, 5) is 12.8. The Balaban J connectivity index is 2.41. The van der Waals surface area contributed by atoms with E-state index in [9.17, 15) is 9.90 Å². The third-order valence-electron chi connectivity index (χ3n) is 5.32. The minimum atomic E-state index is -2.20. The number of carbonyl (C=O) groups is 1. The average molecular weight is 492 g/mol. The molecule has 5 atom stereocenters. The van der Waals surface area contributed by atoms with E-state index in [0.717, 1.165) is 4.90 Å². The molecule has 1 saturated heterocycles. The van der Waals surface area contributed by atoms with Gasteiger partial charge in [0, 0.05) is 17.1 Å². The number of esters is 1. The monoisotopic (exact) mass is 490 g/mol. The van der Waals surface area contributed by atoms with Crippen LogP contribution in [0.5, 0.6) is 0 Å². The number of benzene rings is 1. The lowest BCUT2D eigenvalue weighted by molar-refractivity contribution is -0.227. The lowest BCUT2D eigenvalue weighted by Crippen LogP contribution is -2.62. The first-order valence-corrected chi connectivity index (χ1v) is 14.3. The van der Waals surface area contributed by atoms with Crippen molar-refractivity contribution in [2.75, 3.05) is 5.33 Å². The van der Waals surface area contributed by atoms with Crippen molar-refractivity contribution < 1.29 is 23.8 Å². The molecule has 28 heavy (non-hydrogen) atoms. The van der Waals surface area contributed by atoms with Gasteiger partial charge in [-0.2, -0.15) is 0 Å². The molecule has 158 valence electrons. The third kappa shape index (κ3) is 5.83. The summed E-state index contributed by atoms with van der Waals surface area (Å²) in [6, 6.07) is 9.82. The molecule has 1 aliphatic rings. The van der Waals surface area contributed by atoms with Crippen molar-refractivity contribution in [2.45, 2.75) is 80.6 Å². The molecule has 0 aliphatic carbocycles. The molecule has 0 saturated carbocycles. The number of halogens is 1. The Morgan fingerprint density at radius 1 is 1.25 bits per heavy atom. The molecule has 1 aromatic carbocycles. The van der Waals surface area contributed by atoms with Crippen molar-refractivity contribution in [3.8, 4) is 0 Å². The van der Waals surface area contributed by atoms with Gasteiger partial charge in [0.05, 0.1) is 5.25 Å². The lowest BCUT2D eigenvalue weighted by Gasteiger charge is -2.48. The molecule has 1 aromatic rings. The molecule has 2 rings (SSSR count). The Kier molecular flexibility index (Phi) is 8.21. The summed E-state index contributed by atoms with van der Waals surface area (Å²) >= 11 is 4.91. The Labute approximate surface area is 181 Å². The van der Waals surface area contributed by atoms with Crippen molar-refractivity contribution in [1.29, 1.82) is 0 Å². The van der Waals surface area contributed by atoms with Gasteiger partial charge < -0.3 is 19.0 Å². The first-order chi connectivity index (χ1) is 13.0. The smallest absolute Gasteiger partial charge is 0.303 e. The van der Waals surface area contributed by atoms with E-state index in [-0.39, 0.29) is 11.0 Å². The summed E-state index contributed by atoms with van der Waals surface area (Å²) in [5.41, 5.74) is 0. The Morgan fingerprint density at radius 3 is 2.36 bits per heavy atom. The van der Waals surface area contributed by atoms with Crippen LogP contribution >= 0.6 is 27.7 Å². The highest BCUT2D eigenvalue weighted by atomic mass is 79.9. The number of aliphatic hydroxyl groups is 1. The van der Waals surface area contributed by atoms with Crippen LogP contribution in [0.3, 0.4) is 0 Å². The van der Waals surface area contributed by atoms with Gasteiger partial charge in [-0.1, -0.05) is 54.9 Å². The number of thioether (sulfide) groups is 1. The number of carbonyl (C=O) groups excluding carboxylic acids is 1. The van der Waals surface area contributed by atoms with E-state index in [1.54, 1.807) is 0 Å². The molecule has 0 unspecified atom stereocenters. The largest absolute Gasteiger partial charge is 0.457 e. The molecule has 0 amide bonds. The first kappa shape index (κ1) is 23.9. The molecule has 0 spiro atoms. The lowest BCUT2D eigenvalue weighted by atomic mass is 10.0. The minimum Gasteiger partial charge on any atom is -0.457 e. The van der Waals surface area contributed by atoms with E-state index in [1.165, 1.54) is 18.7 Å². The summed E-state index contributed by atoms with van der Waals surface area (Å²) in [6.07, 6.45) is -2.60. The second-order valence-corrected chi connectivity index (χ2v) is 15.2. The SMILES string of the molecule is CC(=O)O[C@H]1[C@H](O[Si](C)(C)C(C)(C)C)[C@@H](Sc2ccccc2)[C@H](O)O[C@@H]1CBr. The van der Waals surface area contributed by atoms with Crippen LogP contribution in [0.15, 0.2) is 35.2 Å². The zero-order chi connectivity index (χ0) is 21.1. The normalized spacial score (nSPS) is 28.8. The molecule has 5 nitrogen and oxygen atoms in total. The number of aliphatic hydroxyl groups excluding tert-OH is 1. The van der Waals surface area contributed by atoms with Crippen LogP contribution in [0, 0.1) is 0 Å². The van der Waals surface area contributed by atoms with Crippen molar-refractivity contribution >= 4 is 42.0 Å². The predicted molar refractivity (Wildman–Crippen MR) is 118 cm³/mol. The molecule has 1 heterocycles. The van der Waals surface area contributed by atoms with Gasteiger partial charge in [-0.25, -0.2) is 0 Å². The topological polar surface area (TPSA) is 65.0 Å².